The first-order valence-electron chi connectivity index (χ1n) is 4.02. The second kappa shape index (κ2) is 5.13. The number of furan rings is 1. The van der Waals surface area contributed by atoms with E-state index in [0.29, 0.717) is 12.4 Å². The number of esters is 1. The lowest BCUT2D eigenvalue weighted by molar-refractivity contribution is -0.141. The van der Waals surface area contributed by atoms with E-state index in [1.165, 1.54) is 6.21 Å². The second-order valence-corrected chi connectivity index (χ2v) is 2.29. The van der Waals surface area contributed by atoms with E-state index in [9.17, 15) is 4.79 Å². The Hall–Kier alpha value is -1.58. The molecule has 0 spiro atoms. The number of nitrogens with zero attached hydrogens (tertiary/aromatic N) is 1. The second-order valence-electron chi connectivity index (χ2n) is 2.29. The highest BCUT2D eigenvalue weighted by atomic mass is 16.5. The Balaban J connectivity index is 2.30. The van der Waals surface area contributed by atoms with E-state index in [4.69, 9.17) is 4.42 Å². The highest BCUT2D eigenvalue weighted by Crippen LogP contribution is 1.94. The molecule has 1 rings (SSSR count). The summed E-state index contributed by atoms with van der Waals surface area (Å²) < 4.78 is 9.65. The molecule has 0 aliphatic carbocycles. The van der Waals surface area contributed by atoms with Crippen molar-refractivity contribution in [1.82, 2.24) is 0 Å². The van der Waals surface area contributed by atoms with Crippen molar-refractivity contribution in [2.75, 3.05) is 13.2 Å². The maximum atomic E-state index is 10.8. The quantitative estimate of drug-likeness (QED) is 0.519. The minimum absolute atomic E-state index is 0.0362. The van der Waals surface area contributed by atoms with Gasteiger partial charge in [-0.25, -0.2) is 0 Å². The third-order valence-electron chi connectivity index (χ3n) is 1.29. The number of ether oxygens (including phenoxy) is 1. The van der Waals surface area contributed by atoms with E-state index >= 15 is 0 Å². The fraction of sp³-hybridized carbons (Fsp3) is 0.333. The van der Waals surface area contributed by atoms with Crippen LogP contribution >= 0.6 is 0 Å². The van der Waals surface area contributed by atoms with Crippen molar-refractivity contribution >= 4 is 12.2 Å². The van der Waals surface area contributed by atoms with Gasteiger partial charge < -0.3 is 9.15 Å². The minimum Gasteiger partial charge on any atom is -0.465 e. The highest BCUT2D eigenvalue weighted by Gasteiger charge is 1.97. The van der Waals surface area contributed by atoms with Crippen molar-refractivity contribution in [3.05, 3.63) is 24.2 Å². The number of hydrogen-bond acceptors (Lipinski definition) is 4. The Morgan fingerprint density at radius 3 is 3.23 bits per heavy atom. The molecule has 0 bridgehead atoms. The monoisotopic (exact) mass is 181 g/mol. The molecule has 1 aromatic rings. The van der Waals surface area contributed by atoms with E-state index in [1.807, 2.05) is 0 Å². The van der Waals surface area contributed by atoms with Crippen LogP contribution in [0.25, 0.3) is 0 Å². The van der Waals surface area contributed by atoms with Gasteiger partial charge in [0.15, 0.2) is 0 Å². The summed E-state index contributed by atoms with van der Waals surface area (Å²) in [7, 11) is 0. The Kier molecular flexibility index (Phi) is 3.75. The lowest BCUT2D eigenvalue weighted by Crippen LogP contribution is -2.07. The third kappa shape index (κ3) is 3.55. The van der Waals surface area contributed by atoms with Gasteiger partial charge in [0.2, 0.25) is 0 Å². The number of hydrogen-bond donors (Lipinski definition) is 0. The molecule has 1 heterocycles. The first kappa shape index (κ1) is 9.51. The van der Waals surface area contributed by atoms with E-state index < -0.39 is 0 Å². The van der Waals surface area contributed by atoms with Crippen LogP contribution in [0.4, 0.5) is 0 Å². The van der Waals surface area contributed by atoms with Crippen molar-refractivity contribution in [2.45, 2.75) is 6.92 Å². The summed E-state index contributed by atoms with van der Waals surface area (Å²) in [6.07, 6.45) is 3.04. The van der Waals surface area contributed by atoms with Crippen LogP contribution in [0.1, 0.15) is 12.7 Å². The van der Waals surface area contributed by atoms with Crippen LogP contribution in [0.5, 0.6) is 0 Å². The summed E-state index contributed by atoms with van der Waals surface area (Å²) in [6, 6.07) is 3.51. The van der Waals surface area contributed by atoms with Gasteiger partial charge in [0.05, 0.1) is 19.1 Å². The zero-order valence-electron chi connectivity index (χ0n) is 7.40. The SMILES string of the molecule is CCOC(=O)CN=Cc1ccco1. The van der Waals surface area contributed by atoms with Crippen molar-refractivity contribution in [3.63, 3.8) is 0 Å². The van der Waals surface area contributed by atoms with Crippen LogP contribution in [0.2, 0.25) is 0 Å². The van der Waals surface area contributed by atoms with E-state index in [-0.39, 0.29) is 12.5 Å². The normalized spacial score (nSPS) is 10.5. The molecule has 1 aromatic heterocycles. The number of carbonyl (C=O) groups excluding carboxylic acids is 1. The molecule has 0 unspecified atom stereocenters. The van der Waals surface area contributed by atoms with Gasteiger partial charge in [-0.15, -0.1) is 0 Å². The van der Waals surface area contributed by atoms with Crippen LogP contribution in [0.3, 0.4) is 0 Å². The standard InChI is InChI=1S/C9H11NO3/c1-2-12-9(11)7-10-6-8-4-3-5-13-8/h3-6H,2,7H2,1H3. The zero-order chi connectivity index (χ0) is 9.52. The van der Waals surface area contributed by atoms with E-state index in [1.54, 1.807) is 25.3 Å². The molecule has 0 fully saturated rings. The lowest BCUT2D eigenvalue weighted by atomic mass is 10.5. The molecule has 4 nitrogen and oxygen atoms in total. The maximum absolute atomic E-state index is 10.8. The fourth-order valence-electron chi connectivity index (χ4n) is 0.782. The Morgan fingerprint density at radius 1 is 1.77 bits per heavy atom. The van der Waals surface area contributed by atoms with Gasteiger partial charge >= 0.3 is 5.97 Å². The largest absolute Gasteiger partial charge is 0.465 e. The van der Waals surface area contributed by atoms with E-state index in [0.717, 1.165) is 0 Å². The smallest absolute Gasteiger partial charge is 0.327 e. The predicted octanol–water partition coefficient (Wildman–Crippen LogP) is 1.26. The molecular weight excluding hydrogens is 170 g/mol. The third-order valence-corrected chi connectivity index (χ3v) is 1.29. The molecule has 70 valence electrons. The van der Waals surface area contributed by atoms with Gasteiger partial charge in [-0.05, 0) is 19.1 Å². The predicted molar refractivity (Wildman–Crippen MR) is 47.8 cm³/mol. The first-order chi connectivity index (χ1) is 6.33. The van der Waals surface area contributed by atoms with Crippen molar-refractivity contribution in [2.24, 2.45) is 4.99 Å². The van der Waals surface area contributed by atoms with E-state index in [2.05, 4.69) is 9.73 Å². The van der Waals surface area contributed by atoms with Gasteiger partial charge in [-0.2, -0.15) is 0 Å². The van der Waals surface area contributed by atoms with Crippen molar-refractivity contribution < 1.29 is 13.9 Å². The van der Waals surface area contributed by atoms with Crippen LogP contribution in [0, 0.1) is 0 Å². The van der Waals surface area contributed by atoms with Crippen molar-refractivity contribution in [3.8, 4) is 0 Å². The molecule has 0 N–H and O–H groups in total. The molecule has 0 aliphatic heterocycles. The number of carbonyl (C=O) groups is 1. The Labute approximate surface area is 76.2 Å². The lowest BCUT2D eigenvalue weighted by Gasteiger charge is -1.95. The summed E-state index contributed by atoms with van der Waals surface area (Å²) in [5.41, 5.74) is 0. The van der Waals surface area contributed by atoms with Crippen molar-refractivity contribution in [1.29, 1.82) is 0 Å². The average molecular weight is 181 g/mol. The molecule has 4 heteroatoms. The van der Waals surface area contributed by atoms with Crippen LogP contribution in [-0.2, 0) is 9.53 Å². The summed E-state index contributed by atoms with van der Waals surface area (Å²) in [4.78, 5) is 14.6. The summed E-state index contributed by atoms with van der Waals surface area (Å²) >= 11 is 0. The maximum Gasteiger partial charge on any atom is 0.327 e. The van der Waals surface area contributed by atoms with Crippen LogP contribution in [0.15, 0.2) is 27.8 Å². The van der Waals surface area contributed by atoms with Gasteiger partial charge in [0, 0.05) is 0 Å². The van der Waals surface area contributed by atoms with Gasteiger partial charge in [0.1, 0.15) is 12.3 Å². The summed E-state index contributed by atoms with van der Waals surface area (Å²) in [5, 5.41) is 0. The molecule has 0 saturated carbocycles. The Bertz CT molecular complexity index is 277. The summed E-state index contributed by atoms with van der Waals surface area (Å²) in [5.74, 6) is 0.301. The topological polar surface area (TPSA) is 51.8 Å². The number of aliphatic imine (C=N–C) groups is 1. The molecule has 0 saturated heterocycles. The first-order valence-corrected chi connectivity index (χ1v) is 4.02. The van der Waals surface area contributed by atoms with Crippen LogP contribution in [-0.4, -0.2) is 25.3 Å². The summed E-state index contributed by atoms with van der Waals surface area (Å²) in [6.45, 7) is 2.18. The minimum atomic E-state index is -0.328. The molecule has 0 atom stereocenters. The molecule has 0 aromatic carbocycles. The Morgan fingerprint density at radius 2 is 2.62 bits per heavy atom. The fourth-order valence-corrected chi connectivity index (χ4v) is 0.782. The van der Waals surface area contributed by atoms with Gasteiger partial charge in [-0.1, -0.05) is 0 Å². The zero-order valence-corrected chi connectivity index (χ0v) is 7.40. The molecule has 13 heavy (non-hydrogen) atoms. The molecule has 0 amide bonds. The highest BCUT2D eigenvalue weighted by molar-refractivity contribution is 5.79. The number of rotatable bonds is 4. The molecule has 0 aliphatic rings. The van der Waals surface area contributed by atoms with Gasteiger partial charge in [0.25, 0.3) is 0 Å². The molecule has 0 radical (unpaired) electrons. The van der Waals surface area contributed by atoms with Gasteiger partial charge in [-0.3, -0.25) is 9.79 Å². The van der Waals surface area contributed by atoms with Crippen LogP contribution < -0.4 is 0 Å². The average Bonchev–Trinajstić information content (AvgIpc) is 2.57. The molecular formula is C9H11NO3.